The average molecular weight is 547 g/mol. The summed E-state index contributed by atoms with van der Waals surface area (Å²) in [4.78, 5) is 13.1. The molecule has 0 unspecified atom stereocenters. The summed E-state index contributed by atoms with van der Waals surface area (Å²) in [6.45, 7) is 0.333. The van der Waals surface area contributed by atoms with Gasteiger partial charge in [0.1, 0.15) is 6.04 Å². The van der Waals surface area contributed by atoms with Crippen LogP contribution in [0.25, 0.3) is 0 Å². The molecule has 0 saturated carbocycles. The van der Waals surface area contributed by atoms with Gasteiger partial charge in [-0.3, -0.25) is 4.79 Å². The van der Waals surface area contributed by atoms with Crippen molar-refractivity contribution in [2.75, 3.05) is 20.8 Å². The maximum Gasteiger partial charge on any atom is 0.241 e. The van der Waals surface area contributed by atoms with Gasteiger partial charge in [0.15, 0.2) is 11.5 Å². The molecular formula is C25H27BrN2O5S. The van der Waals surface area contributed by atoms with Gasteiger partial charge in [0.05, 0.1) is 19.1 Å². The maximum absolute atomic E-state index is 13.0. The molecule has 9 heteroatoms. The highest BCUT2D eigenvalue weighted by molar-refractivity contribution is 9.10. The number of ether oxygens (including phenoxy) is 2. The van der Waals surface area contributed by atoms with Crippen LogP contribution < -0.4 is 19.5 Å². The van der Waals surface area contributed by atoms with Crippen molar-refractivity contribution in [3.8, 4) is 11.5 Å². The van der Waals surface area contributed by atoms with Crippen molar-refractivity contribution in [1.29, 1.82) is 0 Å². The Morgan fingerprint density at radius 1 is 0.912 bits per heavy atom. The van der Waals surface area contributed by atoms with Crippen molar-refractivity contribution in [1.82, 2.24) is 10.0 Å². The number of nitrogens with one attached hydrogen (secondary N) is 2. The fourth-order valence-electron chi connectivity index (χ4n) is 3.40. The van der Waals surface area contributed by atoms with Crippen molar-refractivity contribution >= 4 is 31.9 Å². The summed E-state index contributed by atoms with van der Waals surface area (Å²) in [5.74, 6) is 0.834. The van der Waals surface area contributed by atoms with E-state index in [1.807, 2.05) is 42.5 Å². The lowest BCUT2D eigenvalue weighted by Gasteiger charge is -2.19. The van der Waals surface area contributed by atoms with Gasteiger partial charge >= 0.3 is 0 Å². The first-order valence-electron chi connectivity index (χ1n) is 10.6. The molecule has 0 saturated heterocycles. The zero-order valence-corrected chi connectivity index (χ0v) is 21.4. The smallest absolute Gasteiger partial charge is 0.241 e. The Balaban J connectivity index is 1.71. The first-order valence-corrected chi connectivity index (χ1v) is 12.9. The van der Waals surface area contributed by atoms with Gasteiger partial charge in [-0.15, -0.1) is 0 Å². The summed E-state index contributed by atoms with van der Waals surface area (Å²) >= 11 is 3.30. The van der Waals surface area contributed by atoms with Gasteiger partial charge in [-0.25, -0.2) is 8.42 Å². The Labute approximate surface area is 208 Å². The molecule has 2 N–H and O–H groups in total. The van der Waals surface area contributed by atoms with E-state index in [4.69, 9.17) is 9.47 Å². The second-order valence-electron chi connectivity index (χ2n) is 7.55. The molecule has 1 atom stereocenters. The third kappa shape index (κ3) is 7.06. The monoisotopic (exact) mass is 546 g/mol. The molecule has 0 fully saturated rings. The molecule has 0 radical (unpaired) electrons. The van der Waals surface area contributed by atoms with E-state index in [-0.39, 0.29) is 11.3 Å². The van der Waals surface area contributed by atoms with Crippen molar-refractivity contribution in [3.63, 3.8) is 0 Å². The van der Waals surface area contributed by atoms with Gasteiger partial charge < -0.3 is 14.8 Å². The van der Waals surface area contributed by atoms with Gasteiger partial charge in [-0.2, -0.15) is 4.72 Å². The van der Waals surface area contributed by atoms with Crippen LogP contribution in [0.2, 0.25) is 0 Å². The normalized spacial score (nSPS) is 12.1. The molecular weight excluding hydrogens is 520 g/mol. The van der Waals surface area contributed by atoms with E-state index in [1.54, 1.807) is 32.4 Å². The number of benzene rings is 3. The zero-order chi connectivity index (χ0) is 24.6. The van der Waals surface area contributed by atoms with Gasteiger partial charge in [-0.05, 0) is 60.4 Å². The van der Waals surface area contributed by atoms with E-state index in [9.17, 15) is 13.2 Å². The van der Waals surface area contributed by atoms with E-state index in [1.165, 1.54) is 12.1 Å². The summed E-state index contributed by atoms with van der Waals surface area (Å²) in [7, 11) is -0.763. The van der Waals surface area contributed by atoms with Crippen LogP contribution in [0.15, 0.2) is 82.2 Å². The molecule has 34 heavy (non-hydrogen) atoms. The second-order valence-corrected chi connectivity index (χ2v) is 10.2. The molecule has 1 amide bonds. The third-order valence-corrected chi connectivity index (χ3v) is 7.20. The molecule has 0 heterocycles. The Morgan fingerprint density at radius 2 is 1.59 bits per heavy atom. The largest absolute Gasteiger partial charge is 0.493 e. The minimum Gasteiger partial charge on any atom is -0.493 e. The maximum atomic E-state index is 13.0. The summed E-state index contributed by atoms with van der Waals surface area (Å²) in [6.07, 6.45) is 0.766. The Morgan fingerprint density at radius 3 is 2.24 bits per heavy atom. The third-order valence-electron chi connectivity index (χ3n) is 5.18. The molecule has 0 aliphatic heterocycles. The lowest BCUT2D eigenvalue weighted by molar-refractivity contribution is -0.122. The number of sulfonamides is 1. The molecule has 0 aliphatic carbocycles. The number of carbonyl (C=O) groups excluding carboxylic acids is 1. The van der Waals surface area contributed by atoms with Crippen LogP contribution in [0.3, 0.4) is 0 Å². The van der Waals surface area contributed by atoms with E-state index >= 15 is 0 Å². The van der Waals surface area contributed by atoms with Crippen molar-refractivity contribution in [3.05, 3.63) is 88.4 Å². The molecule has 0 aliphatic rings. The molecule has 0 aromatic heterocycles. The number of methoxy groups -OCH3 is 2. The van der Waals surface area contributed by atoms with Gasteiger partial charge in [-0.1, -0.05) is 52.3 Å². The van der Waals surface area contributed by atoms with E-state index in [0.717, 1.165) is 15.6 Å². The number of hydrogen-bond acceptors (Lipinski definition) is 5. The van der Waals surface area contributed by atoms with E-state index < -0.39 is 22.0 Å². The van der Waals surface area contributed by atoms with Crippen LogP contribution in [-0.4, -0.2) is 41.1 Å². The number of amides is 1. The fourth-order valence-corrected chi connectivity index (χ4v) is 4.86. The lowest BCUT2D eigenvalue weighted by atomic mass is 10.1. The summed E-state index contributed by atoms with van der Waals surface area (Å²) in [6, 6.07) is 20.1. The zero-order valence-electron chi connectivity index (χ0n) is 19.0. The molecule has 3 rings (SSSR count). The molecule has 0 spiro atoms. The fraction of sp³-hybridized carbons (Fsp3) is 0.240. The minimum absolute atomic E-state index is 0.0897. The van der Waals surface area contributed by atoms with Crippen molar-refractivity contribution in [2.24, 2.45) is 0 Å². The predicted molar refractivity (Wildman–Crippen MR) is 135 cm³/mol. The van der Waals surface area contributed by atoms with Gasteiger partial charge in [0, 0.05) is 11.0 Å². The van der Waals surface area contributed by atoms with Crippen LogP contribution in [0.4, 0.5) is 0 Å². The average Bonchev–Trinajstić information content (AvgIpc) is 2.84. The molecule has 0 bridgehead atoms. The van der Waals surface area contributed by atoms with Crippen molar-refractivity contribution < 1.29 is 22.7 Å². The molecule has 3 aromatic carbocycles. The highest BCUT2D eigenvalue weighted by Crippen LogP contribution is 2.27. The highest BCUT2D eigenvalue weighted by atomic mass is 79.9. The number of carbonyl (C=O) groups is 1. The second kappa shape index (κ2) is 12.0. The van der Waals surface area contributed by atoms with Crippen LogP contribution in [0, 0.1) is 0 Å². The summed E-state index contributed by atoms with van der Waals surface area (Å²) in [5.41, 5.74) is 1.80. The van der Waals surface area contributed by atoms with Crippen LogP contribution in [0.5, 0.6) is 11.5 Å². The number of rotatable bonds is 11. The first kappa shape index (κ1) is 25.7. The Kier molecular flexibility index (Phi) is 9.09. The number of hydrogen-bond donors (Lipinski definition) is 2. The SMILES string of the molecule is COc1ccc(CCNC(=O)[C@H](Cc2ccccc2)NS(=O)(=O)c2ccc(Br)cc2)cc1OC. The quantitative estimate of drug-likeness (QED) is 0.382. The van der Waals surface area contributed by atoms with Crippen LogP contribution in [0.1, 0.15) is 11.1 Å². The standard InChI is InChI=1S/C25H27BrN2O5S/c1-32-23-13-8-19(17-24(23)33-2)14-15-27-25(29)22(16-18-6-4-3-5-7-18)28-34(30,31)21-11-9-20(26)10-12-21/h3-13,17,22,28H,14-16H2,1-2H3,(H,27,29)/t22-/m0/s1. The highest BCUT2D eigenvalue weighted by Gasteiger charge is 2.26. The summed E-state index contributed by atoms with van der Waals surface area (Å²) < 4.78 is 39.8. The predicted octanol–water partition coefficient (Wildman–Crippen LogP) is 3.71. The van der Waals surface area contributed by atoms with Gasteiger partial charge in [0.2, 0.25) is 15.9 Å². The Bertz CT molecular complexity index is 1200. The molecule has 180 valence electrons. The van der Waals surface area contributed by atoms with Gasteiger partial charge in [0.25, 0.3) is 0 Å². The number of halogens is 1. The summed E-state index contributed by atoms with van der Waals surface area (Å²) in [5, 5.41) is 2.86. The van der Waals surface area contributed by atoms with Crippen LogP contribution >= 0.6 is 15.9 Å². The first-order chi connectivity index (χ1) is 16.3. The van der Waals surface area contributed by atoms with Crippen molar-refractivity contribution in [2.45, 2.75) is 23.8 Å². The van der Waals surface area contributed by atoms with Crippen LogP contribution in [-0.2, 0) is 27.7 Å². The molecule has 7 nitrogen and oxygen atoms in total. The topological polar surface area (TPSA) is 93.7 Å². The lowest BCUT2D eigenvalue weighted by Crippen LogP contribution is -2.48. The molecule has 3 aromatic rings. The Hall–Kier alpha value is -2.88. The minimum atomic E-state index is -3.90. The van der Waals surface area contributed by atoms with E-state index in [0.29, 0.717) is 24.5 Å². The van der Waals surface area contributed by atoms with E-state index in [2.05, 4.69) is 26.0 Å².